The van der Waals surface area contributed by atoms with Gasteiger partial charge in [-0.25, -0.2) is 4.79 Å². The summed E-state index contributed by atoms with van der Waals surface area (Å²) in [5, 5.41) is 36.5. The van der Waals surface area contributed by atoms with Gasteiger partial charge in [0.15, 0.2) is 5.69 Å². The minimum Gasteiger partial charge on any atom is -0.508 e. The lowest BCUT2D eigenvalue weighted by Gasteiger charge is -2.00. The average molecular weight is 287 g/mol. The molecule has 2 aromatic carbocycles. The second-order valence-corrected chi connectivity index (χ2v) is 3.95. The number of azo groups is 1. The highest BCUT2D eigenvalue weighted by Crippen LogP contribution is 2.30. The Hall–Kier alpha value is -3.29. The average Bonchev–Trinajstić information content (AvgIpc) is 2.46. The molecule has 8 nitrogen and oxygen atoms in total. The highest BCUT2D eigenvalue weighted by Gasteiger charge is 2.13. The van der Waals surface area contributed by atoms with Crippen molar-refractivity contribution in [1.82, 2.24) is 0 Å². The molecule has 2 aromatic rings. The number of aromatic carboxylic acids is 1. The summed E-state index contributed by atoms with van der Waals surface area (Å²) in [4.78, 5) is 21.3. The van der Waals surface area contributed by atoms with Crippen molar-refractivity contribution in [2.24, 2.45) is 10.2 Å². The zero-order chi connectivity index (χ0) is 15.4. The van der Waals surface area contributed by atoms with Gasteiger partial charge in [0.2, 0.25) is 0 Å². The molecule has 0 bridgehead atoms. The Morgan fingerprint density at radius 3 is 2.43 bits per heavy atom. The van der Waals surface area contributed by atoms with E-state index < -0.39 is 10.9 Å². The fraction of sp³-hybridized carbons (Fsp3) is 0. The number of aromatic hydroxyl groups is 1. The van der Waals surface area contributed by atoms with Crippen molar-refractivity contribution in [3.63, 3.8) is 0 Å². The lowest BCUT2D eigenvalue weighted by Crippen LogP contribution is -1.95. The van der Waals surface area contributed by atoms with E-state index in [4.69, 9.17) is 5.11 Å². The molecule has 0 heterocycles. The van der Waals surface area contributed by atoms with E-state index >= 15 is 0 Å². The number of benzene rings is 2. The number of rotatable bonds is 4. The first-order valence-corrected chi connectivity index (χ1v) is 5.70. The molecule has 0 saturated carbocycles. The van der Waals surface area contributed by atoms with E-state index in [1.165, 1.54) is 30.3 Å². The molecule has 0 fully saturated rings. The van der Waals surface area contributed by atoms with Crippen LogP contribution in [0.15, 0.2) is 52.7 Å². The van der Waals surface area contributed by atoms with E-state index in [1.54, 1.807) is 6.07 Å². The molecule has 0 radical (unpaired) electrons. The van der Waals surface area contributed by atoms with Gasteiger partial charge in [-0.2, -0.15) is 0 Å². The third-order valence-corrected chi connectivity index (χ3v) is 2.55. The van der Waals surface area contributed by atoms with Crippen molar-refractivity contribution in [3.8, 4) is 5.75 Å². The fourth-order valence-electron chi connectivity index (χ4n) is 1.59. The van der Waals surface area contributed by atoms with Crippen molar-refractivity contribution in [3.05, 3.63) is 58.1 Å². The predicted molar refractivity (Wildman–Crippen MR) is 72.3 cm³/mol. The highest BCUT2D eigenvalue weighted by atomic mass is 16.6. The van der Waals surface area contributed by atoms with Crippen LogP contribution in [0.2, 0.25) is 0 Å². The first-order valence-electron chi connectivity index (χ1n) is 5.70. The second kappa shape index (κ2) is 5.78. The van der Waals surface area contributed by atoms with Crippen LogP contribution in [0.1, 0.15) is 10.4 Å². The van der Waals surface area contributed by atoms with Crippen LogP contribution >= 0.6 is 0 Å². The molecular weight excluding hydrogens is 278 g/mol. The number of carboxylic acid groups (broad SMARTS) is 1. The van der Waals surface area contributed by atoms with Gasteiger partial charge in [0, 0.05) is 6.07 Å². The third-order valence-electron chi connectivity index (χ3n) is 2.55. The summed E-state index contributed by atoms with van der Waals surface area (Å²) in [6.07, 6.45) is 0. The number of hydrogen-bond acceptors (Lipinski definition) is 6. The number of hydrogen-bond donors (Lipinski definition) is 2. The lowest BCUT2D eigenvalue weighted by molar-refractivity contribution is -0.384. The quantitative estimate of drug-likeness (QED) is 0.506. The van der Waals surface area contributed by atoms with E-state index in [9.17, 15) is 20.0 Å². The van der Waals surface area contributed by atoms with Crippen LogP contribution < -0.4 is 0 Å². The predicted octanol–water partition coefficient (Wildman–Crippen LogP) is 3.41. The van der Waals surface area contributed by atoms with Gasteiger partial charge in [-0.15, -0.1) is 10.2 Å². The Morgan fingerprint density at radius 1 is 1.10 bits per heavy atom. The van der Waals surface area contributed by atoms with E-state index in [0.717, 1.165) is 6.07 Å². The molecule has 8 heteroatoms. The van der Waals surface area contributed by atoms with Crippen LogP contribution in [-0.4, -0.2) is 21.1 Å². The number of carboxylic acids is 1. The Bertz CT molecular complexity index is 742. The lowest BCUT2D eigenvalue weighted by atomic mass is 10.2. The Balaban J connectivity index is 2.43. The molecule has 0 unspecified atom stereocenters. The molecule has 106 valence electrons. The van der Waals surface area contributed by atoms with Crippen molar-refractivity contribution in [1.29, 1.82) is 0 Å². The highest BCUT2D eigenvalue weighted by molar-refractivity contribution is 5.93. The van der Waals surface area contributed by atoms with Gasteiger partial charge in [0.05, 0.1) is 10.5 Å². The number of nitrogens with zero attached hydrogens (tertiary/aromatic N) is 3. The summed E-state index contributed by atoms with van der Waals surface area (Å²) in [5.74, 6) is -1.51. The fourth-order valence-corrected chi connectivity index (χ4v) is 1.59. The SMILES string of the molecule is O=C(O)c1cc(O)ccc1N=Nc1ccccc1[N+](=O)[O-]. The molecule has 0 spiro atoms. The molecular formula is C13H9N3O5. The van der Waals surface area contributed by atoms with E-state index in [1.807, 2.05) is 0 Å². The summed E-state index contributed by atoms with van der Waals surface area (Å²) in [6, 6.07) is 9.23. The van der Waals surface area contributed by atoms with Crippen LogP contribution in [0.3, 0.4) is 0 Å². The molecule has 0 aromatic heterocycles. The Kier molecular flexibility index (Phi) is 3.89. The van der Waals surface area contributed by atoms with Crippen molar-refractivity contribution < 1.29 is 19.9 Å². The molecule has 21 heavy (non-hydrogen) atoms. The standard InChI is InChI=1S/C13H9N3O5/c17-8-5-6-10(9(7-8)13(18)19)14-15-11-3-1-2-4-12(11)16(20)21/h1-7,17H,(H,18,19). The molecule has 2 N–H and O–H groups in total. The van der Waals surface area contributed by atoms with Gasteiger partial charge in [0.1, 0.15) is 11.4 Å². The number of phenols is 1. The maximum absolute atomic E-state index is 11.0. The van der Waals surface area contributed by atoms with Gasteiger partial charge in [-0.05, 0) is 24.3 Å². The first-order chi connectivity index (χ1) is 9.99. The van der Waals surface area contributed by atoms with Crippen molar-refractivity contribution in [2.45, 2.75) is 0 Å². The minimum absolute atomic E-state index is 0.00640. The van der Waals surface area contributed by atoms with Gasteiger partial charge in [0.25, 0.3) is 5.69 Å². The van der Waals surface area contributed by atoms with Gasteiger partial charge in [-0.3, -0.25) is 10.1 Å². The second-order valence-electron chi connectivity index (χ2n) is 3.95. The Morgan fingerprint density at radius 2 is 1.76 bits per heavy atom. The zero-order valence-corrected chi connectivity index (χ0v) is 10.5. The summed E-state index contributed by atoms with van der Waals surface area (Å²) < 4.78 is 0. The van der Waals surface area contributed by atoms with E-state index in [-0.39, 0.29) is 28.4 Å². The number of nitro groups is 1. The summed E-state index contributed by atoms with van der Waals surface area (Å²) in [7, 11) is 0. The number of para-hydroxylation sites is 1. The van der Waals surface area contributed by atoms with Crippen molar-refractivity contribution >= 4 is 23.0 Å². The molecule has 0 amide bonds. The molecule has 0 aliphatic rings. The maximum atomic E-state index is 11.0. The molecule has 0 saturated heterocycles. The summed E-state index contributed by atoms with van der Waals surface area (Å²) in [5.41, 5.74) is -0.500. The number of nitro benzene ring substituents is 1. The van der Waals surface area contributed by atoms with E-state index in [2.05, 4.69) is 10.2 Å². The molecule has 2 rings (SSSR count). The van der Waals surface area contributed by atoms with Gasteiger partial charge in [-0.1, -0.05) is 12.1 Å². The number of carbonyl (C=O) groups is 1. The first kappa shape index (κ1) is 14.1. The summed E-state index contributed by atoms with van der Waals surface area (Å²) >= 11 is 0. The van der Waals surface area contributed by atoms with Crippen LogP contribution in [0.4, 0.5) is 17.1 Å². The van der Waals surface area contributed by atoms with E-state index in [0.29, 0.717) is 0 Å². The largest absolute Gasteiger partial charge is 0.508 e. The number of phenolic OH excluding ortho intramolecular Hbond substituents is 1. The van der Waals surface area contributed by atoms with Crippen LogP contribution in [0, 0.1) is 10.1 Å². The van der Waals surface area contributed by atoms with Crippen LogP contribution in [0.5, 0.6) is 5.75 Å². The summed E-state index contributed by atoms with van der Waals surface area (Å²) in [6.45, 7) is 0. The minimum atomic E-state index is -1.29. The normalized spacial score (nSPS) is 10.7. The zero-order valence-electron chi connectivity index (χ0n) is 10.5. The third kappa shape index (κ3) is 3.18. The molecule has 0 aliphatic carbocycles. The topological polar surface area (TPSA) is 125 Å². The van der Waals surface area contributed by atoms with Gasteiger partial charge < -0.3 is 10.2 Å². The monoisotopic (exact) mass is 287 g/mol. The van der Waals surface area contributed by atoms with Crippen molar-refractivity contribution in [2.75, 3.05) is 0 Å². The van der Waals surface area contributed by atoms with Gasteiger partial charge >= 0.3 is 5.97 Å². The van der Waals surface area contributed by atoms with Crippen LogP contribution in [-0.2, 0) is 0 Å². The maximum Gasteiger partial charge on any atom is 0.338 e. The van der Waals surface area contributed by atoms with Crippen LogP contribution in [0.25, 0.3) is 0 Å². The smallest absolute Gasteiger partial charge is 0.338 e. The Labute approximate surface area is 118 Å². The molecule has 0 atom stereocenters. The molecule has 0 aliphatic heterocycles.